The van der Waals surface area contributed by atoms with Crippen LogP contribution in [-0.4, -0.2) is 22.2 Å². The lowest BCUT2D eigenvalue weighted by molar-refractivity contribution is 1.18. The Hall–Kier alpha value is -1.52. The van der Waals surface area contributed by atoms with Crippen LogP contribution in [0, 0.1) is 0 Å². The second-order valence-corrected chi connectivity index (χ2v) is 2.41. The molecule has 5 heteroatoms. The van der Waals surface area contributed by atoms with E-state index in [2.05, 4.69) is 9.97 Å². The highest BCUT2D eigenvalue weighted by Gasteiger charge is 2.00. The van der Waals surface area contributed by atoms with Crippen molar-refractivity contribution in [2.24, 2.45) is 0 Å². The molecule has 11 heavy (non-hydrogen) atoms. The van der Waals surface area contributed by atoms with Gasteiger partial charge in [0.2, 0.25) is 0 Å². The second kappa shape index (κ2) is 1.98. The van der Waals surface area contributed by atoms with Crippen molar-refractivity contribution >= 4 is 24.9 Å². The van der Waals surface area contributed by atoms with Gasteiger partial charge < -0.3 is 10.1 Å². The van der Waals surface area contributed by atoms with Gasteiger partial charge in [-0.3, -0.25) is 0 Å². The number of rotatable bonds is 0. The Bertz CT molecular complexity index is 358. The molecule has 0 saturated carbocycles. The first-order valence-corrected chi connectivity index (χ1v) is 3.33. The summed E-state index contributed by atoms with van der Waals surface area (Å²) in [5, 5.41) is 0. The molecule has 0 saturated heterocycles. The van der Waals surface area contributed by atoms with E-state index in [1.54, 1.807) is 12.4 Å². The summed E-state index contributed by atoms with van der Waals surface area (Å²) >= 11 is 0. The number of nitrogens with zero attached hydrogens (tertiary/aromatic N) is 3. The maximum Gasteiger partial charge on any atom is 0.179 e. The van der Waals surface area contributed by atoms with Crippen molar-refractivity contribution in [1.29, 1.82) is 0 Å². The number of hydrogen-bond acceptors (Lipinski definition) is 3. The molecule has 4 nitrogen and oxygen atoms in total. The summed E-state index contributed by atoms with van der Waals surface area (Å²) in [4.78, 5) is 8.03. The summed E-state index contributed by atoms with van der Waals surface area (Å²) in [6, 6.07) is 0. The van der Waals surface area contributed by atoms with Gasteiger partial charge in [-0.1, -0.05) is 0 Å². The van der Waals surface area contributed by atoms with Crippen molar-refractivity contribution in [1.82, 2.24) is 14.4 Å². The summed E-state index contributed by atoms with van der Waals surface area (Å²) in [6.07, 6.45) is 5.30. The molecule has 2 rings (SSSR count). The van der Waals surface area contributed by atoms with Gasteiger partial charge in [0.15, 0.2) is 19.3 Å². The van der Waals surface area contributed by atoms with Gasteiger partial charge in [-0.05, 0) is 5.59 Å². The molecular weight excluding hydrogens is 139 g/mol. The van der Waals surface area contributed by atoms with E-state index in [9.17, 15) is 0 Å². The number of nitrogens with two attached hydrogens (primary N) is 1. The minimum Gasteiger partial charge on any atom is -0.381 e. The normalized spacial score (nSPS) is 10.5. The lowest BCUT2D eigenvalue weighted by Gasteiger charge is -1.99. The van der Waals surface area contributed by atoms with Crippen LogP contribution in [0.2, 0.25) is 0 Å². The molecule has 0 unspecified atom stereocenters. The third-order valence-corrected chi connectivity index (χ3v) is 1.64. The number of hydrogen-bond donors (Lipinski definition) is 1. The molecule has 0 atom stereocenters. The summed E-state index contributed by atoms with van der Waals surface area (Å²) in [5.74, 6) is 0.473. The van der Waals surface area contributed by atoms with E-state index in [1.807, 2.05) is 18.4 Å². The van der Waals surface area contributed by atoms with Crippen LogP contribution in [0.3, 0.4) is 0 Å². The lowest BCUT2D eigenvalue weighted by Crippen LogP contribution is -2.15. The number of imidazole rings is 1. The molecule has 0 aromatic carbocycles. The smallest absolute Gasteiger partial charge is 0.179 e. The van der Waals surface area contributed by atoms with Gasteiger partial charge in [0.05, 0.1) is 0 Å². The van der Waals surface area contributed by atoms with E-state index in [0.717, 1.165) is 11.2 Å². The van der Waals surface area contributed by atoms with Crippen LogP contribution < -0.4 is 11.3 Å². The Morgan fingerprint density at radius 3 is 3.00 bits per heavy atom. The fourth-order valence-corrected chi connectivity index (χ4v) is 1.06. The average Bonchev–Trinajstić information content (AvgIpc) is 2.45. The van der Waals surface area contributed by atoms with Gasteiger partial charge in [0, 0.05) is 18.6 Å². The highest BCUT2D eigenvalue weighted by atomic mass is 15.0. The molecule has 2 aromatic rings. The Morgan fingerprint density at radius 2 is 2.27 bits per heavy atom. The molecule has 2 N–H and O–H groups in total. The van der Waals surface area contributed by atoms with Gasteiger partial charge in [-0.25, -0.2) is 9.97 Å². The van der Waals surface area contributed by atoms with Gasteiger partial charge in [0.1, 0.15) is 0 Å². The van der Waals surface area contributed by atoms with Crippen LogP contribution in [-0.2, 0) is 0 Å². The van der Waals surface area contributed by atoms with Crippen LogP contribution in [0.1, 0.15) is 0 Å². The Morgan fingerprint density at radius 1 is 1.45 bits per heavy atom. The monoisotopic (exact) mass is 146 g/mol. The van der Waals surface area contributed by atoms with Gasteiger partial charge in [-0.2, -0.15) is 0 Å². The van der Waals surface area contributed by atoms with E-state index >= 15 is 0 Å². The molecule has 54 valence electrons. The second-order valence-electron chi connectivity index (χ2n) is 2.41. The zero-order chi connectivity index (χ0) is 7.84. The van der Waals surface area contributed by atoms with E-state index in [0.29, 0.717) is 5.82 Å². The molecule has 0 spiro atoms. The van der Waals surface area contributed by atoms with E-state index in [1.165, 1.54) is 0 Å². The third kappa shape index (κ3) is 0.773. The minimum atomic E-state index is 0.473. The molecule has 2 aromatic heterocycles. The standard InChI is InChI=1S/C6H7BN4/c7-4-3-10-5(8)6-9-1-2-11(4)6/h1-3H,7H2,(H2,8,10). The van der Waals surface area contributed by atoms with Crippen molar-refractivity contribution in [3.63, 3.8) is 0 Å². The van der Waals surface area contributed by atoms with E-state index in [-0.39, 0.29) is 0 Å². The molecule has 2 heterocycles. The van der Waals surface area contributed by atoms with Crippen molar-refractivity contribution < 1.29 is 0 Å². The zero-order valence-electron chi connectivity index (χ0n) is 6.15. The Labute approximate surface area is 64.5 Å². The minimum absolute atomic E-state index is 0.473. The predicted octanol–water partition coefficient (Wildman–Crippen LogP) is -1.43. The van der Waals surface area contributed by atoms with E-state index in [4.69, 9.17) is 5.73 Å². The highest BCUT2D eigenvalue weighted by Crippen LogP contribution is 2.03. The SMILES string of the molecule is Bc1cnc(N)c2nccn12. The summed E-state index contributed by atoms with van der Waals surface area (Å²) < 4.78 is 1.91. The van der Waals surface area contributed by atoms with Crippen LogP contribution in [0.15, 0.2) is 18.6 Å². The quantitative estimate of drug-likeness (QED) is 0.463. The summed E-state index contributed by atoms with van der Waals surface area (Å²) in [5.41, 5.74) is 7.34. The van der Waals surface area contributed by atoms with Crippen LogP contribution in [0.25, 0.3) is 5.65 Å². The lowest BCUT2D eigenvalue weighted by atomic mass is 10.1. The number of aromatic nitrogens is 3. The Kier molecular flexibility index (Phi) is 1.12. The van der Waals surface area contributed by atoms with E-state index < -0.39 is 0 Å². The van der Waals surface area contributed by atoms with Gasteiger partial charge >= 0.3 is 0 Å². The van der Waals surface area contributed by atoms with Crippen molar-refractivity contribution in [3.8, 4) is 0 Å². The number of nitrogen functional groups attached to an aromatic ring is 1. The first kappa shape index (κ1) is 6.21. The third-order valence-electron chi connectivity index (χ3n) is 1.64. The topological polar surface area (TPSA) is 56.2 Å². The maximum atomic E-state index is 5.58. The molecule has 0 radical (unpaired) electrons. The van der Waals surface area contributed by atoms with Crippen molar-refractivity contribution in [2.45, 2.75) is 0 Å². The fourth-order valence-electron chi connectivity index (χ4n) is 1.06. The first-order valence-electron chi connectivity index (χ1n) is 3.33. The van der Waals surface area contributed by atoms with Gasteiger partial charge in [0.25, 0.3) is 0 Å². The summed E-state index contributed by atoms with van der Waals surface area (Å²) in [6.45, 7) is 0. The molecule has 0 aliphatic carbocycles. The largest absolute Gasteiger partial charge is 0.381 e. The van der Waals surface area contributed by atoms with Crippen molar-refractivity contribution in [2.75, 3.05) is 5.73 Å². The predicted molar refractivity (Wildman–Crippen MR) is 45.6 cm³/mol. The molecule has 0 aliphatic rings. The average molecular weight is 146 g/mol. The fraction of sp³-hybridized carbons (Fsp3) is 0. The number of fused-ring (bicyclic) bond motifs is 1. The van der Waals surface area contributed by atoms with Crippen molar-refractivity contribution in [3.05, 3.63) is 18.6 Å². The van der Waals surface area contributed by atoms with Crippen LogP contribution >= 0.6 is 0 Å². The molecule has 0 aliphatic heterocycles. The first-order chi connectivity index (χ1) is 5.29. The molecule has 0 fully saturated rings. The van der Waals surface area contributed by atoms with Crippen LogP contribution in [0.4, 0.5) is 5.82 Å². The summed E-state index contributed by atoms with van der Waals surface area (Å²) in [7, 11) is 1.96. The Balaban J connectivity index is 2.96. The van der Waals surface area contributed by atoms with Gasteiger partial charge in [-0.15, -0.1) is 0 Å². The molecule has 0 bridgehead atoms. The molecular formula is C6H7BN4. The highest BCUT2D eigenvalue weighted by molar-refractivity contribution is 6.31. The zero-order valence-corrected chi connectivity index (χ0v) is 6.15. The molecule has 0 amide bonds. The maximum absolute atomic E-state index is 5.58. The van der Waals surface area contributed by atoms with Crippen LogP contribution in [0.5, 0.6) is 0 Å². The number of anilines is 1.